The Kier molecular flexibility index (Phi) is 4.83. The van der Waals surface area contributed by atoms with E-state index in [9.17, 15) is 4.39 Å². The van der Waals surface area contributed by atoms with E-state index in [0.717, 1.165) is 24.0 Å². The minimum atomic E-state index is -0.323. The van der Waals surface area contributed by atoms with E-state index in [1.54, 1.807) is 6.07 Å². The Hall–Kier alpha value is -0.120. The van der Waals surface area contributed by atoms with Crippen LogP contribution in [0.1, 0.15) is 24.8 Å². The van der Waals surface area contributed by atoms with Crippen molar-refractivity contribution in [3.63, 3.8) is 0 Å². The highest BCUT2D eigenvalue weighted by Crippen LogP contribution is 2.25. The van der Waals surface area contributed by atoms with Crippen LogP contribution in [0.15, 0.2) is 18.2 Å². The Balaban J connectivity index is 2.11. The molecule has 1 aromatic rings. The topological polar surface area (TPSA) is 3.24 Å². The van der Waals surface area contributed by atoms with Crippen LogP contribution in [0.5, 0.6) is 0 Å². The quantitative estimate of drug-likeness (QED) is 0.753. The van der Waals surface area contributed by atoms with Gasteiger partial charge in [0.25, 0.3) is 0 Å². The first-order chi connectivity index (χ1) is 8.22. The average molecular weight is 321 g/mol. The maximum atomic E-state index is 13.4. The van der Waals surface area contributed by atoms with Gasteiger partial charge in [0, 0.05) is 17.9 Å². The Labute approximate surface area is 115 Å². The number of piperidine rings is 1. The van der Waals surface area contributed by atoms with Crippen molar-refractivity contribution in [2.24, 2.45) is 0 Å². The van der Waals surface area contributed by atoms with Crippen LogP contribution in [0.2, 0.25) is 5.02 Å². The lowest BCUT2D eigenvalue weighted by atomic mass is 10.0. The molecular formula is C13H16BrClFN. The molecule has 0 amide bonds. The summed E-state index contributed by atoms with van der Waals surface area (Å²) in [6.07, 6.45) is 3.71. The Morgan fingerprint density at radius 2 is 2.24 bits per heavy atom. The van der Waals surface area contributed by atoms with Crippen molar-refractivity contribution in [2.75, 3.05) is 11.9 Å². The lowest BCUT2D eigenvalue weighted by Crippen LogP contribution is -2.40. The number of alkyl halides is 1. The van der Waals surface area contributed by atoms with E-state index in [-0.39, 0.29) is 10.8 Å². The van der Waals surface area contributed by atoms with Crippen molar-refractivity contribution >= 4 is 27.5 Å². The van der Waals surface area contributed by atoms with E-state index in [0.29, 0.717) is 6.04 Å². The maximum absolute atomic E-state index is 13.4. The first-order valence-electron chi connectivity index (χ1n) is 5.95. The van der Waals surface area contributed by atoms with Crippen molar-refractivity contribution in [1.82, 2.24) is 4.90 Å². The first kappa shape index (κ1) is 13.3. The normalized spacial score (nSPS) is 21.7. The average Bonchev–Trinajstić information content (AvgIpc) is 2.35. The van der Waals surface area contributed by atoms with Gasteiger partial charge in [0.05, 0.1) is 5.02 Å². The molecule has 94 valence electrons. The molecule has 2 rings (SSSR count). The predicted molar refractivity (Wildman–Crippen MR) is 73.3 cm³/mol. The van der Waals surface area contributed by atoms with E-state index >= 15 is 0 Å². The van der Waals surface area contributed by atoms with E-state index in [4.69, 9.17) is 11.6 Å². The summed E-state index contributed by atoms with van der Waals surface area (Å²) in [6.45, 7) is 1.82. The fraction of sp³-hybridized carbons (Fsp3) is 0.538. The van der Waals surface area contributed by atoms with Crippen LogP contribution >= 0.6 is 27.5 Å². The molecule has 1 atom stereocenters. The molecular weight excluding hydrogens is 305 g/mol. The van der Waals surface area contributed by atoms with E-state index in [2.05, 4.69) is 20.8 Å². The van der Waals surface area contributed by atoms with E-state index in [1.807, 2.05) is 6.07 Å². The molecule has 1 nitrogen and oxygen atoms in total. The van der Waals surface area contributed by atoms with Crippen molar-refractivity contribution in [2.45, 2.75) is 31.8 Å². The zero-order chi connectivity index (χ0) is 12.3. The number of benzene rings is 1. The molecule has 0 radical (unpaired) electrons. The van der Waals surface area contributed by atoms with Crippen LogP contribution in [0, 0.1) is 5.82 Å². The SMILES string of the molecule is Fc1cccc(CN2CCCCC2CBr)c1Cl. The summed E-state index contributed by atoms with van der Waals surface area (Å²) in [5.74, 6) is -0.323. The van der Waals surface area contributed by atoms with Gasteiger partial charge in [-0.3, -0.25) is 4.90 Å². The Morgan fingerprint density at radius 3 is 3.00 bits per heavy atom. The van der Waals surface area contributed by atoms with Crippen LogP contribution in [0.3, 0.4) is 0 Å². The first-order valence-corrected chi connectivity index (χ1v) is 7.45. The van der Waals surface area contributed by atoms with Crippen molar-refractivity contribution < 1.29 is 4.39 Å². The molecule has 4 heteroatoms. The van der Waals surface area contributed by atoms with Crippen molar-refractivity contribution in [3.8, 4) is 0 Å². The van der Waals surface area contributed by atoms with Gasteiger partial charge < -0.3 is 0 Å². The fourth-order valence-electron chi connectivity index (χ4n) is 2.33. The van der Waals surface area contributed by atoms with Crippen LogP contribution in [0.4, 0.5) is 4.39 Å². The maximum Gasteiger partial charge on any atom is 0.142 e. The smallest absolute Gasteiger partial charge is 0.142 e. The van der Waals surface area contributed by atoms with Crippen LogP contribution in [-0.2, 0) is 6.54 Å². The van der Waals surface area contributed by atoms with E-state index in [1.165, 1.54) is 25.3 Å². The van der Waals surface area contributed by atoms with Gasteiger partial charge in [-0.15, -0.1) is 0 Å². The number of likely N-dealkylation sites (tertiary alicyclic amines) is 1. The lowest BCUT2D eigenvalue weighted by molar-refractivity contribution is 0.156. The molecule has 1 aliphatic heterocycles. The number of hydrogen-bond acceptors (Lipinski definition) is 1. The highest BCUT2D eigenvalue weighted by molar-refractivity contribution is 9.09. The molecule has 1 fully saturated rings. The summed E-state index contributed by atoms with van der Waals surface area (Å²) in [5.41, 5.74) is 0.888. The third kappa shape index (κ3) is 3.21. The Morgan fingerprint density at radius 1 is 1.41 bits per heavy atom. The third-order valence-electron chi connectivity index (χ3n) is 3.33. The summed E-state index contributed by atoms with van der Waals surface area (Å²) in [4.78, 5) is 2.39. The fourth-order valence-corrected chi connectivity index (χ4v) is 3.25. The van der Waals surface area contributed by atoms with Gasteiger partial charge in [0.2, 0.25) is 0 Å². The molecule has 17 heavy (non-hydrogen) atoms. The zero-order valence-corrected chi connectivity index (χ0v) is 12.0. The molecule has 0 aromatic heterocycles. The van der Waals surface area contributed by atoms with Crippen molar-refractivity contribution in [1.29, 1.82) is 0 Å². The molecule has 1 aliphatic rings. The van der Waals surface area contributed by atoms with Crippen molar-refractivity contribution in [3.05, 3.63) is 34.6 Å². The molecule has 0 aliphatic carbocycles. The summed E-state index contributed by atoms with van der Waals surface area (Å²) < 4.78 is 13.4. The molecule has 1 heterocycles. The molecule has 0 saturated carbocycles. The largest absolute Gasteiger partial charge is 0.295 e. The highest BCUT2D eigenvalue weighted by atomic mass is 79.9. The highest BCUT2D eigenvalue weighted by Gasteiger charge is 2.22. The molecule has 0 spiro atoms. The van der Waals surface area contributed by atoms with Crippen LogP contribution < -0.4 is 0 Å². The summed E-state index contributed by atoms with van der Waals surface area (Å²) in [7, 11) is 0. The van der Waals surface area contributed by atoms with Gasteiger partial charge in [-0.25, -0.2) is 4.39 Å². The summed E-state index contributed by atoms with van der Waals surface area (Å²) in [5, 5.41) is 1.24. The van der Waals surface area contributed by atoms with Gasteiger partial charge in [-0.2, -0.15) is 0 Å². The standard InChI is InChI=1S/C13H16BrClFN/c14-8-11-5-1-2-7-17(11)9-10-4-3-6-12(16)13(10)15/h3-4,6,11H,1-2,5,7-9H2. The molecule has 1 aromatic carbocycles. The zero-order valence-electron chi connectivity index (χ0n) is 9.63. The number of nitrogens with zero attached hydrogens (tertiary/aromatic N) is 1. The van der Waals surface area contributed by atoms with Crippen LogP contribution in [-0.4, -0.2) is 22.8 Å². The second kappa shape index (κ2) is 6.17. The van der Waals surface area contributed by atoms with E-state index < -0.39 is 0 Å². The predicted octanol–water partition coefficient (Wildman–Crippen LogP) is 4.23. The number of rotatable bonds is 3. The molecule has 0 bridgehead atoms. The monoisotopic (exact) mass is 319 g/mol. The summed E-state index contributed by atoms with van der Waals surface area (Å²) >= 11 is 9.54. The third-order valence-corrected chi connectivity index (χ3v) is 4.50. The molecule has 1 saturated heterocycles. The second-order valence-corrected chi connectivity index (χ2v) is 5.51. The lowest BCUT2D eigenvalue weighted by Gasteiger charge is -2.34. The minimum Gasteiger partial charge on any atom is -0.295 e. The van der Waals surface area contributed by atoms with Gasteiger partial charge in [0.15, 0.2) is 0 Å². The second-order valence-electron chi connectivity index (χ2n) is 4.49. The van der Waals surface area contributed by atoms with Crippen LogP contribution in [0.25, 0.3) is 0 Å². The number of hydrogen-bond donors (Lipinski definition) is 0. The number of halogens is 3. The van der Waals surface area contributed by atoms with Gasteiger partial charge in [0.1, 0.15) is 5.82 Å². The molecule has 1 unspecified atom stereocenters. The van der Waals surface area contributed by atoms with Gasteiger partial charge in [-0.1, -0.05) is 46.1 Å². The van der Waals surface area contributed by atoms with Gasteiger partial charge >= 0.3 is 0 Å². The molecule has 0 N–H and O–H groups in total. The Bertz CT molecular complexity index is 386. The minimum absolute atomic E-state index is 0.270. The van der Waals surface area contributed by atoms with Gasteiger partial charge in [-0.05, 0) is 31.0 Å². The summed E-state index contributed by atoms with van der Waals surface area (Å²) in [6, 6.07) is 5.59.